The van der Waals surface area contributed by atoms with E-state index in [-0.39, 0.29) is 6.42 Å². The van der Waals surface area contributed by atoms with Crippen LogP contribution in [-0.4, -0.2) is 25.0 Å². The second-order valence-electron chi connectivity index (χ2n) is 3.62. The van der Waals surface area contributed by atoms with Crippen LogP contribution in [0.3, 0.4) is 0 Å². The summed E-state index contributed by atoms with van der Waals surface area (Å²) in [6.45, 7) is 0. The van der Waals surface area contributed by atoms with Crippen molar-refractivity contribution in [1.29, 1.82) is 0 Å². The lowest BCUT2D eigenvalue weighted by Crippen LogP contribution is -2.38. The number of anilines is 1. The zero-order valence-corrected chi connectivity index (χ0v) is 10.5. The molecular formula is C11H14ClN3O3. The number of rotatable bonds is 5. The molecule has 1 rings (SSSR count). The molecule has 0 spiro atoms. The van der Waals surface area contributed by atoms with Gasteiger partial charge in [0, 0.05) is 5.69 Å². The van der Waals surface area contributed by atoms with E-state index in [1.807, 2.05) is 0 Å². The summed E-state index contributed by atoms with van der Waals surface area (Å²) in [5.74, 6) is -0.642. The third-order valence-electron chi connectivity index (χ3n) is 2.18. The zero-order chi connectivity index (χ0) is 13.7. The molecule has 0 fully saturated rings. The maximum atomic E-state index is 11.6. The molecule has 1 unspecified atom stereocenters. The fourth-order valence-corrected chi connectivity index (χ4v) is 1.55. The van der Waals surface area contributed by atoms with Crippen LogP contribution in [0.4, 0.5) is 5.69 Å². The van der Waals surface area contributed by atoms with E-state index in [0.29, 0.717) is 16.5 Å². The third-order valence-corrected chi connectivity index (χ3v) is 2.47. The van der Waals surface area contributed by atoms with E-state index in [2.05, 4.69) is 5.32 Å². The number of primary amides is 1. The first-order valence-corrected chi connectivity index (χ1v) is 5.50. The minimum atomic E-state index is -0.983. The first-order chi connectivity index (χ1) is 8.43. The number of amides is 2. The van der Waals surface area contributed by atoms with Crippen LogP contribution in [0.1, 0.15) is 6.42 Å². The van der Waals surface area contributed by atoms with Gasteiger partial charge in [-0.25, -0.2) is 0 Å². The normalized spacial score (nSPS) is 11.7. The average Bonchev–Trinajstić information content (AvgIpc) is 2.28. The SMILES string of the molecule is COc1ccc(NC(=O)C(N)CC(N)=O)cc1Cl. The van der Waals surface area contributed by atoms with Crippen molar-refractivity contribution in [2.24, 2.45) is 11.5 Å². The minimum absolute atomic E-state index is 0.213. The van der Waals surface area contributed by atoms with Crippen LogP contribution in [-0.2, 0) is 9.59 Å². The van der Waals surface area contributed by atoms with Crippen LogP contribution < -0.4 is 21.5 Å². The molecule has 0 aliphatic heterocycles. The minimum Gasteiger partial charge on any atom is -0.495 e. The highest BCUT2D eigenvalue weighted by Gasteiger charge is 2.16. The highest BCUT2D eigenvalue weighted by molar-refractivity contribution is 6.32. The highest BCUT2D eigenvalue weighted by atomic mass is 35.5. The van der Waals surface area contributed by atoms with E-state index in [0.717, 1.165) is 0 Å². The van der Waals surface area contributed by atoms with Crippen molar-refractivity contribution in [3.05, 3.63) is 23.2 Å². The van der Waals surface area contributed by atoms with Gasteiger partial charge in [0.1, 0.15) is 5.75 Å². The molecule has 0 bridgehead atoms. The largest absolute Gasteiger partial charge is 0.495 e. The van der Waals surface area contributed by atoms with Crippen molar-refractivity contribution in [3.63, 3.8) is 0 Å². The molecule has 1 aromatic rings. The Kier molecular flexibility index (Phi) is 4.94. The quantitative estimate of drug-likeness (QED) is 0.724. The van der Waals surface area contributed by atoms with Gasteiger partial charge in [-0.05, 0) is 18.2 Å². The van der Waals surface area contributed by atoms with E-state index in [9.17, 15) is 9.59 Å². The number of nitrogens with one attached hydrogen (secondary N) is 1. The summed E-state index contributed by atoms with van der Waals surface area (Å²) >= 11 is 5.90. The van der Waals surface area contributed by atoms with Gasteiger partial charge in [0.25, 0.3) is 0 Å². The fraction of sp³-hybridized carbons (Fsp3) is 0.273. The molecular weight excluding hydrogens is 258 g/mol. The molecule has 0 aliphatic rings. The smallest absolute Gasteiger partial charge is 0.241 e. The highest BCUT2D eigenvalue weighted by Crippen LogP contribution is 2.27. The summed E-state index contributed by atoms with van der Waals surface area (Å²) in [4.78, 5) is 22.2. The van der Waals surface area contributed by atoms with Gasteiger partial charge < -0.3 is 21.5 Å². The van der Waals surface area contributed by atoms with Crippen LogP contribution in [0.5, 0.6) is 5.75 Å². The Labute approximate surface area is 109 Å². The zero-order valence-electron chi connectivity index (χ0n) is 9.77. The summed E-state index contributed by atoms with van der Waals surface area (Å²) in [6.07, 6.45) is -0.213. The van der Waals surface area contributed by atoms with Gasteiger partial charge in [0.15, 0.2) is 0 Å². The van der Waals surface area contributed by atoms with E-state index in [4.69, 9.17) is 27.8 Å². The molecule has 0 saturated heterocycles. The maximum Gasteiger partial charge on any atom is 0.241 e. The Morgan fingerprint density at radius 1 is 1.50 bits per heavy atom. The van der Waals surface area contributed by atoms with Gasteiger partial charge in [-0.15, -0.1) is 0 Å². The summed E-state index contributed by atoms with van der Waals surface area (Å²) in [6, 6.07) is 3.76. The first kappa shape index (κ1) is 14.3. The predicted molar refractivity (Wildman–Crippen MR) is 68.4 cm³/mol. The molecule has 6 nitrogen and oxygen atoms in total. The Balaban J connectivity index is 2.70. The molecule has 2 amide bonds. The average molecular weight is 272 g/mol. The Hall–Kier alpha value is -1.79. The molecule has 5 N–H and O–H groups in total. The summed E-state index contributed by atoms with van der Waals surface area (Å²) < 4.78 is 4.97. The Morgan fingerprint density at radius 3 is 2.67 bits per heavy atom. The maximum absolute atomic E-state index is 11.6. The molecule has 98 valence electrons. The molecule has 0 aliphatic carbocycles. The number of halogens is 1. The van der Waals surface area contributed by atoms with E-state index < -0.39 is 17.9 Å². The molecule has 0 heterocycles. The second kappa shape index (κ2) is 6.23. The molecule has 7 heteroatoms. The number of methoxy groups -OCH3 is 1. The van der Waals surface area contributed by atoms with Gasteiger partial charge in [-0.1, -0.05) is 11.6 Å². The second-order valence-corrected chi connectivity index (χ2v) is 4.02. The van der Waals surface area contributed by atoms with Crippen molar-refractivity contribution in [1.82, 2.24) is 0 Å². The van der Waals surface area contributed by atoms with Crippen LogP contribution in [0, 0.1) is 0 Å². The van der Waals surface area contributed by atoms with Gasteiger partial charge in [-0.2, -0.15) is 0 Å². The lowest BCUT2D eigenvalue weighted by atomic mass is 10.2. The monoisotopic (exact) mass is 271 g/mol. The number of hydrogen-bond donors (Lipinski definition) is 3. The number of ether oxygens (including phenoxy) is 1. The van der Waals surface area contributed by atoms with Gasteiger partial charge in [0.05, 0.1) is 24.6 Å². The van der Waals surface area contributed by atoms with Crippen molar-refractivity contribution >= 4 is 29.1 Å². The van der Waals surface area contributed by atoms with Gasteiger partial charge in [-0.3, -0.25) is 9.59 Å². The van der Waals surface area contributed by atoms with E-state index in [1.165, 1.54) is 13.2 Å². The van der Waals surface area contributed by atoms with Crippen LogP contribution >= 0.6 is 11.6 Å². The van der Waals surface area contributed by atoms with Gasteiger partial charge in [0.2, 0.25) is 11.8 Å². The summed E-state index contributed by atoms with van der Waals surface area (Å²) in [5, 5.41) is 2.89. The lowest BCUT2D eigenvalue weighted by molar-refractivity contribution is -0.123. The summed E-state index contributed by atoms with van der Waals surface area (Å²) in [5.41, 5.74) is 10.9. The third kappa shape index (κ3) is 3.90. The molecule has 1 atom stereocenters. The Bertz CT molecular complexity index is 465. The topological polar surface area (TPSA) is 107 Å². The van der Waals surface area contributed by atoms with Crippen molar-refractivity contribution in [2.45, 2.75) is 12.5 Å². The number of carbonyl (C=O) groups excluding carboxylic acids is 2. The van der Waals surface area contributed by atoms with Crippen molar-refractivity contribution in [2.75, 3.05) is 12.4 Å². The summed E-state index contributed by atoms with van der Waals surface area (Å²) in [7, 11) is 1.49. The molecule has 1 aromatic carbocycles. The Morgan fingerprint density at radius 2 is 2.17 bits per heavy atom. The van der Waals surface area contributed by atoms with Crippen LogP contribution in [0.2, 0.25) is 5.02 Å². The molecule has 0 saturated carbocycles. The standard InChI is InChI=1S/C11H14ClN3O3/c1-18-9-3-2-6(4-7(9)12)15-11(17)8(13)5-10(14)16/h2-4,8H,5,13H2,1H3,(H2,14,16)(H,15,17). The van der Waals surface area contributed by atoms with Crippen LogP contribution in [0.25, 0.3) is 0 Å². The number of benzene rings is 1. The lowest BCUT2D eigenvalue weighted by Gasteiger charge is -2.11. The number of hydrogen-bond acceptors (Lipinski definition) is 4. The van der Waals surface area contributed by atoms with E-state index in [1.54, 1.807) is 12.1 Å². The predicted octanol–water partition coefficient (Wildman–Crippen LogP) is 0.490. The van der Waals surface area contributed by atoms with Crippen molar-refractivity contribution in [3.8, 4) is 5.75 Å². The van der Waals surface area contributed by atoms with Gasteiger partial charge >= 0.3 is 0 Å². The number of carbonyl (C=O) groups is 2. The van der Waals surface area contributed by atoms with E-state index >= 15 is 0 Å². The number of nitrogens with two attached hydrogens (primary N) is 2. The molecule has 0 aromatic heterocycles. The van der Waals surface area contributed by atoms with Crippen LogP contribution in [0.15, 0.2) is 18.2 Å². The first-order valence-electron chi connectivity index (χ1n) is 5.12. The van der Waals surface area contributed by atoms with Crippen molar-refractivity contribution < 1.29 is 14.3 Å². The fourth-order valence-electron chi connectivity index (χ4n) is 1.29. The molecule has 18 heavy (non-hydrogen) atoms. The molecule has 0 radical (unpaired) electrons.